The highest BCUT2D eigenvalue weighted by Crippen LogP contribution is 2.42. The van der Waals surface area contributed by atoms with Gasteiger partial charge in [0.05, 0.1) is 35.0 Å². The van der Waals surface area contributed by atoms with Crippen molar-refractivity contribution >= 4 is 37.3 Å². The molecular formula is C19H21BrN2O3S. The molecule has 0 aromatic heterocycles. The lowest BCUT2D eigenvalue weighted by molar-refractivity contribution is 0.129. The van der Waals surface area contributed by atoms with Crippen molar-refractivity contribution in [2.45, 2.75) is 36.8 Å². The molecule has 4 rings (SSSR count). The van der Waals surface area contributed by atoms with Crippen LogP contribution < -0.4 is 9.21 Å². The Kier molecular flexibility index (Phi) is 4.49. The molecule has 26 heavy (non-hydrogen) atoms. The highest BCUT2D eigenvalue weighted by molar-refractivity contribution is 9.10. The van der Waals surface area contributed by atoms with E-state index in [1.807, 2.05) is 31.2 Å². The number of nitrogens with zero attached hydrogens (tertiary/aromatic N) is 2. The minimum atomic E-state index is -3.68. The molecule has 0 spiro atoms. The van der Waals surface area contributed by atoms with E-state index in [0.717, 1.165) is 22.3 Å². The largest absolute Gasteiger partial charge is 0.393 e. The van der Waals surface area contributed by atoms with Gasteiger partial charge in [-0.05, 0) is 55.7 Å². The summed E-state index contributed by atoms with van der Waals surface area (Å²) < 4.78 is 29.1. The first-order valence-corrected chi connectivity index (χ1v) is 10.9. The van der Waals surface area contributed by atoms with Gasteiger partial charge in [0.2, 0.25) is 0 Å². The number of benzene rings is 2. The third-order valence-electron chi connectivity index (χ3n) is 5.16. The molecule has 2 atom stereocenters. The highest BCUT2D eigenvalue weighted by Gasteiger charge is 2.40. The number of rotatable bonds is 2. The topological polar surface area (TPSA) is 60.9 Å². The van der Waals surface area contributed by atoms with Gasteiger partial charge in [-0.25, -0.2) is 8.42 Å². The summed E-state index contributed by atoms with van der Waals surface area (Å²) in [5.74, 6) is 0. The molecule has 0 saturated carbocycles. The summed E-state index contributed by atoms with van der Waals surface area (Å²) in [7, 11) is -3.68. The number of anilines is 2. The van der Waals surface area contributed by atoms with Gasteiger partial charge >= 0.3 is 0 Å². The van der Waals surface area contributed by atoms with Gasteiger partial charge in [0.1, 0.15) is 0 Å². The molecule has 0 amide bonds. The van der Waals surface area contributed by atoms with E-state index in [1.165, 1.54) is 4.31 Å². The molecule has 2 aromatic rings. The van der Waals surface area contributed by atoms with E-state index in [-0.39, 0.29) is 12.1 Å². The Labute approximate surface area is 162 Å². The quantitative estimate of drug-likeness (QED) is 0.784. The summed E-state index contributed by atoms with van der Waals surface area (Å²) in [6.07, 6.45) is 0.906. The molecule has 0 aliphatic carbocycles. The lowest BCUT2D eigenvalue weighted by Crippen LogP contribution is -2.55. The molecule has 1 unspecified atom stereocenters. The second-order valence-electron chi connectivity index (χ2n) is 7.01. The molecule has 5 nitrogen and oxygen atoms in total. The summed E-state index contributed by atoms with van der Waals surface area (Å²) in [6.45, 7) is 2.97. The highest BCUT2D eigenvalue weighted by atomic mass is 79.9. The molecule has 2 aliphatic rings. The van der Waals surface area contributed by atoms with E-state index in [4.69, 9.17) is 0 Å². The molecule has 7 heteroatoms. The van der Waals surface area contributed by atoms with E-state index in [2.05, 4.69) is 20.8 Å². The van der Waals surface area contributed by atoms with Crippen molar-refractivity contribution in [2.75, 3.05) is 22.3 Å². The zero-order chi connectivity index (χ0) is 18.5. The van der Waals surface area contributed by atoms with Crippen LogP contribution in [0.3, 0.4) is 0 Å². The minimum Gasteiger partial charge on any atom is -0.393 e. The summed E-state index contributed by atoms with van der Waals surface area (Å²) in [5.41, 5.74) is 2.51. The van der Waals surface area contributed by atoms with Gasteiger partial charge in [-0.1, -0.05) is 28.1 Å². The minimum absolute atomic E-state index is 0.0213. The van der Waals surface area contributed by atoms with Crippen molar-refractivity contribution in [3.8, 4) is 0 Å². The van der Waals surface area contributed by atoms with Crippen molar-refractivity contribution in [1.82, 2.24) is 0 Å². The van der Waals surface area contributed by atoms with E-state index < -0.39 is 10.0 Å². The van der Waals surface area contributed by atoms with Gasteiger partial charge in [-0.2, -0.15) is 0 Å². The molecule has 1 saturated heterocycles. The fourth-order valence-corrected chi connectivity index (χ4v) is 5.84. The first-order valence-electron chi connectivity index (χ1n) is 8.70. The van der Waals surface area contributed by atoms with E-state index >= 15 is 0 Å². The summed E-state index contributed by atoms with van der Waals surface area (Å²) in [4.78, 5) is 2.53. The van der Waals surface area contributed by atoms with Crippen LogP contribution in [-0.2, 0) is 10.0 Å². The predicted octanol–water partition coefficient (Wildman–Crippen LogP) is 3.30. The van der Waals surface area contributed by atoms with Crippen LogP contribution in [0.4, 0.5) is 11.4 Å². The molecule has 138 valence electrons. The Morgan fingerprint density at radius 3 is 2.73 bits per heavy atom. The summed E-state index contributed by atoms with van der Waals surface area (Å²) in [6, 6.07) is 12.7. The van der Waals surface area contributed by atoms with Crippen molar-refractivity contribution in [3.63, 3.8) is 0 Å². The first kappa shape index (κ1) is 17.8. The number of piperidine rings is 1. The zero-order valence-electron chi connectivity index (χ0n) is 14.5. The third kappa shape index (κ3) is 3.02. The van der Waals surface area contributed by atoms with Crippen LogP contribution in [0.2, 0.25) is 0 Å². The van der Waals surface area contributed by atoms with E-state index in [1.54, 1.807) is 18.2 Å². The maximum absolute atomic E-state index is 13.4. The summed E-state index contributed by atoms with van der Waals surface area (Å²) in [5, 5.41) is 10.1. The Bertz CT molecular complexity index is 948. The lowest BCUT2D eigenvalue weighted by atomic mass is 9.96. The second kappa shape index (κ2) is 6.55. The number of hydrogen-bond acceptors (Lipinski definition) is 4. The second-order valence-corrected chi connectivity index (χ2v) is 9.79. The predicted molar refractivity (Wildman–Crippen MR) is 106 cm³/mol. The average molecular weight is 437 g/mol. The molecule has 1 fully saturated rings. The van der Waals surface area contributed by atoms with Crippen LogP contribution in [0.5, 0.6) is 0 Å². The van der Waals surface area contributed by atoms with Crippen molar-refractivity contribution in [2.24, 2.45) is 0 Å². The zero-order valence-corrected chi connectivity index (χ0v) is 16.9. The fourth-order valence-electron chi connectivity index (χ4n) is 3.88. The smallest absolute Gasteiger partial charge is 0.264 e. The molecule has 2 aliphatic heterocycles. The molecule has 1 N–H and O–H groups in total. The monoisotopic (exact) mass is 436 g/mol. The van der Waals surface area contributed by atoms with Crippen molar-refractivity contribution in [3.05, 3.63) is 52.5 Å². The number of aryl methyl sites for hydroxylation is 1. The van der Waals surface area contributed by atoms with Crippen LogP contribution in [0.15, 0.2) is 51.8 Å². The van der Waals surface area contributed by atoms with Crippen LogP contribution in [-0.4, -0.2) is 38.8 Å². The van der Waals surface area contributed by atoms with Crippen LogP contribution in [0.1, 0.15) is 18.4 Å². The number of halogens is 1. The Hall–Kier alpha value is -1.57. The average Bonchev–Trinajstić information content (AvgIpc) is 2.60. The molecule has 2 heterocycles. The Morgan fingerprint density at radius 2 is 1.96 bits per heavy atom. The molecular weight excluding hydrogens is 416 g/mol. The SMILES string of the molecule is Cc1cccc(S(=O)(=O)N2C[C@@H]3CC(O)CCN3c3ccc(Br)cc32)c1. The number of aliphatic hydroxyl groups excluding tert-OH is 1. The standard InChI is InChI=1S/C19H21BrN2O3S/c1-13-3-2-4-17(9-13)26(24,25)22-12-15-11-16(23)7-8-21(15)18-6-5-14(20)10-19(18)22/h2-6,9-10,15-16,23H,7-8,11-12H2,1H3/t15-,16?/m0/s1. The number of fused-ring (bicyclic) bond motifs is 3. The van der Waals surface area contributed by atoms with Crippen LogP contribution >= 0.6 is 15.9 Å². The van der Waals surface area contributed by atoms with E-state index in [0.29, 0.717) is 30.0 Å². The maximum atomic E-state index is 13.4. The molecule has 0 bridgehead atoms. The van der Waals surface area contributed by atoms with Crippen LogP contribution in [0.25, 0.3) is 0 Å². The Balaban J connectivity index is 1.84. The van der Waals surface area contributed by atoms with Gasteiger partial charge in [-0.3, -0.25) is 4.31 Å². The fraction of sp³-hybridized carbons (Fsp3) is 0.368. The van der Waals surface area contributed by atoms with Crippen LogP contribution in [0, 0.1) is 6.92 Å². The van der Waals surface area contributed by atoms with Gasteiger partial charge < -0.3 is 10.0 Å². The van der Waals surface area contributed by atoms with Crippen molar-refractivity contribution < 1.29 is 13.5 Å². The summed E-state index contributed by atoms with van der Waals surface area (Å²) >= 11 is 3.47. The van der Waals surface area contributed by atoms with Crippen molar-refractivity contribution in [1.29, 1.82) is 0 Å². The normalized spacial score (nSPS) is 22.7. The van der Waals surface area contributed by atoms with Gasteiger partial charge in [-0.15, -0.1) is 0 Å². The molecule has 2 aromatic carbocycles. The Morgan fingerprint density at radius 1 is 1.15 bits per heavy atom. The van der Waals surface area contributed by atoms with Gasteiger partial charge in [0.15, 0.2) is 0 Å². The number of aliphatic hydroxyl groups is 1. The number of sulfonamides is 1. The molecule has 0 radical (unpaired) electrons. The van der Waals surface area contributed by atoms with E-state index in [9.17, 15) is 13.5 Å². The lowest BCUT2D eigenvalue weighted by Gasteiger charge is -2.47. The first-order chi connectivity index (χ1) is 12.4. The van der Waals surface area contributed by atoms with Gasteiger partial charge in [0.25, 0.3) is 10.0 Å². The maximum Gasteiger partial charge on any atom is 0.264 e. The number of hydrogen-bond donors (Lipinski definition) is 1. The van der Waals surface area contributed by atoms with Gasteiger partial charge in [0, 0.05) is 11.0 Å². The third-order valence-corrected chi connectivity index (χ3v) is 7.43.